The molecule has 0 atom stereocenters. The molecule has 0 saturated heterocycles. The predicted molar refractivity (Wildman–Crippen MR) is 85.5 cm³/mol. The molecular weight excluding hydrogens is 354 g/mol. The van der Waals surface area contributed by atoms with Crippen LogP contribution in [-0.2, 0) is 11.3 Å². The molecule has 1 aromatic heterocycles. The molecule has 108 valence electrons. The summed E-state index contributed by atoms with van der Waals surface area (Å²) in [5, 5.41) is 2.84. The van der Waals surface area contributed by atoms with Gasteiger partial charge in [0.25, 0.3) is 0 Å². The number of carbonyl (C=O) groups is 1. The monoisotopic (exact) mass is 365 g/mol. The van der Waals surface area contributed by atoms with Crippen molar-refractivity contribution >= 4 is 39.2 Å². The lowest BCUT2D eigenvalue weighted by Gasteiger charge is -2.03. The molecule has 6 heteroatoms. The van der Waals surface area contributed by atoms with Gasteiger partial charge in [0.1, 0.15) is 0 Å². The lowest BCUT2D eigenvalue weighted by molar-refractivity contribution is -0.116. The lowest BCUT2D eigenvalue weighted by Crippen LogP contribution is -2.20. The number of thiophene rings is 1. The molecule has 0 saturated carbocycles. The lowest BCUT2D eigenvalue weighted by atomic mass is 10.2. The summed E-state index contributed by atoms with van der Waals surface area (Å²) in [5.74, 6) is 1.34. The average Bonchev–Trinajstić information content (AvgIpc) is 3.10. The first-order chi connectivity index (χ1) is 10.2. The smallest absolute Gasteiger partial charge is 0.244 e. The molecule has 1 aliphatic rings. The molecule has 4 nitrogen and oxygen atoms in total. The van der Waals surface area contributed by atoms with Gasteiger partial charge < -0.3 is 14.8 Å². The molecule has 2 aromatic rings. The highest BCUT2D eigenvalue weighted by molar-refractivity contribution is 9.11. The van der Waals surface area contributed by atoms with Crippen LogP contribution in [0.4, 0.5) is 0 Å². The van der Waals surface area contributed by atoms with Gasteiger partial charge in [-0.2, -0.15) is 0 Å². The fourth-order valence-electron chi connectivity index (χ4n) is 1.87. The molecule has 0 spiro atoms. The van der Waals surface area contributed by atoms with E-state index >= 15 is 0 Å². The minimum atomic E-state index is -0.128. The normalized spacial score (nSPS) is 12.8. The van der Waals surface area contributed by atoms with Crippen LogP contribution in [0.3, 0.4) is 0 Å². The summed E-state index contributed by atoms with van der Waals surface area (Å²) in [6, 6.07) is 9.55. The maximum absolute atomic E-state index is 11.8. The molecule has 2 heterocycles. The molecule has 0 aliphatic carbocycles. The van der Waals surface area contributed by atoms with Gasteiger partial charge in [-0.3, -0.25) is 4.79 Å². The van der Waals surface area contributed by atoms with Crippen molar-refractivity contribution in [3.8, 4) is 11.5 Å². The van der Waals surface area contributed by atoms with E-state index in [0.717, 1.165) is 25.7 Å². The van der Waals surface area contributed by atoms with Gasteiger partial charge in [-0.05, 0) is 51.8 Å². The van der Waals surface area contributed by atoms with Gasteiger partial charge >= 0.3 is 0 Å². The molecule has 3 rings (SSSR count). The Balaban J connectivity index is 1.55. The Hall–Kier alpha value is -1.79. The highest BCUT2D eigenvalue weighted by Crippen LogP contribution is 2.32. The molecule has 0 bridgehead atoms. The van der Waals surface area contributed by atoms with E-state index in [0.29, 0.717) is 6.54 Å². The summed E-state index contributed by atoms with van der Waals surface area (Å²) in [5.41, 5.74) is 0.972. The molecule has 0 unspecified atom stereocenters. The Bertz CT molecular complexity index is 696. The van der Waals surface area contributed by atoms with Crippen molar-refractivity contribution in [1.82, 2.24) is 5.32 Å². The molecule has 1 aliphatic heterocycles. The Morgan fingerprint density at radius 3 is 2.95 bits per heavy atom. The summed E-state index contributed by atoms with van der Waals surface area (Å²) in [6.07, 6.45) is 3.33. The van der Waals surface area contributed by atoms with E-state index < -0.39 is 0 Å². The van der Waals surface area contributed by atoms with Crippen LogP contribution in [0, 0.1) is 0 Å². The van der Waals surface area contributed by atoms with Crippen LogP contribution in [0.25, 0.3) is 6.08 Å². The fraction of sp³-hybridized carbons (Fsp3) is 0.133. The quantitative estimate of drug-likeness (QED) is 0.842. The van der Waals surface area contributed by atoms with Crippen molar-refractivity contribution in [2.75, 3.05) is 6.79 Å². The maximum atomic E-state index is 11.8. The predicted octanol–water partition coefficient (Wildman–Crippen LogP) is 3.57. The Morgan fingerprint density at radius 1 is 1.29 bits per heavy atom. The number of rotatable bonds is 4. The van der Waals surface area contributed by atoms with Crippen LogP contribution in [0.5, 0.6) is 11.5 Å². The largest absolute Gasteiger partial charge is 0.454 e. The number of nitrogens with one attached hydrogen (secondary N) is 1. The van der Waals surface area contributed by atoms with E-state index in [1.807, 2.05) is 30.3 Å². The molecule has 0 fully saturated rings. The van der Waals surface area contributed by atoms with Crippen molar-refractivity contribution in [3.63, 3.8) is 0 Å². The van der Waals surface area contributed by atoms with Gasteiger partial charge in [0, 0.05) is 17.5 Å². The van der Waals surface area contributed by atoms with Gasteiger partial charge in [0.2, 0.25) is 12.7 Å². The van der Waals surface area contributed by atoms with E-state index in [-0.39, 0.29) is 12.7 Å². The van der Waals surface area contributed by atoms with E-state index in [9.17, 15) is 4.79 Å². The van der Waals surface area contributed by atoms with E-state index in [2.05, 4.69) is 21.2 Å². The number of benzene rings is 1. The van der Waals surface area contributed by atoms with Gasteiger partial charge in [-0.15, -0.1) is 11.3 Å². The second-order valence-corrected chi connectivity index (χ2v) is 6.88. The van der Waals surface area contributed by atoms with Crippen molar-refractivity contribution in [2.45, 2.75) is 6.54 Å². The Kier molecular flexibility index (Phi) is 4.26. The van der Waals surface area contributed by atoms with Crippen LogP contribution in [-0.4, -0.2) is 12.7 Å². The van der Waals surface area contributed by atoms with Gasteiger partial charge in [0.15, 0.2) is 11.5 Å². The third-order valence-electron chi connectivity index (χ3n) is 2.90. The first-order valence-corrected chi connectivity index (χ1v) is 7.91. The molecular formula is C15H12BrNO3S. The number of fused-ring (bicyclic) bond motifs is 1. The molecule has 1 N–H and O–H groups in total. The standard InChI is InChI=1S/C15H12BrNO3S/c16-14-5-2-11(21-14)3-6-15(18)17-8-10-1-4-12-13(7-10)20-9-19-12/h1-7H,8-9H2,(H,17,18)/b6-3+. The number of hydrogen-bond donors (Lipinski definition) is 1. The highest BCUT2D eigenvalue weighted by atomic mass is 79.9. The van der Waals surface area contributed by atoms with Crippen LogP contribution < -0.4 is 14.8 Å². The number of hydrogen-bond acceptors (Lipinski definition) is 4. The first-order valence-electron chi connectivity index (χ1n) is 6.30. The second kappa shape index (κ2) is 6.32. The molecule has 1 aromatic carbocycles. The summed E-state index contributed by atoms with van der Waals surface area (Å²) in [6.45, 7) is 0.707. The summed E-state index contributed by atoms with van der Waals surface area (Å²) in [4.78, 5) is 12.8. The fourth-order valence-corrected chi connectivity index (χ4v) is 3.20. The van der Waals surface area contributed by atoms with Crippen molar-refractivity contribution in [3.05, 3.63) is 50.6 Å². The van der Waals surface area contributed by atoms with Crippen molar-refractivity contribution in [1.29, 1.82) is 0 Å². The number of carbonyl (C=O) groups excluding carboxylic acids is 1. The first kappa shape index (κ1) is 14.2. The van der Waals surface area contributed by atoms with Crippen LogP contribution in [0.1, 0.15) is 10.4 Å². The van der Waals surface area contributed by atoms with Crippen LogP contribution in [0.15, 0.2) is 40.2 Å². The zero-order valence-corrected chi connectivity index (χ0v) is 13.4. The van der Waals surface area contributed by atoms with Crippen LogP contribution >= 0.6 is 27.3 Å². The highest BCUT2D eigenvalue weighted by Gasteiger charge is 2.13. The maximum Gasteiger partial charge on any atom is 0.244 e. The molecule has 1 amide bonds. The van der Waals surface area contributed by atoms with Crippen LogP contribution in [0.2, 0.25) is 0 Å². The Morgan fingerprint density at radius 2 is 2.14 bits per heavy atom. The topological polar surface area (TPSA) is 47.6 Å². The van der Waals surface area contributed by atoms with Gasteiger partial charge in [-0.1, -0.05) is 6.07 Å². The molecule has 21 heavy (non-hydrogen) atoms. The van der Waals surface area contributed by atoms with Crippen molar-refractivity contribution < 1.29 is 14.3 Å². The van der Waals surface area contributed by atoms with E-state index in [1.165, 1.54) is 6.08 Å². The minimum absolute atomic E-state index is 0.128. The summed E-state index contributed by atoms with van der Waals surface area (Å²) < 4.78 is 11.6. The van der Waals surface area contributed by atoms with E-state index in [4.69, 9.17) is 9.47 Å². The zero-order valence-electron chi connectivity index (χ0n) is 11.0. The van der Waals surface area contributed by atoms with Gasteiger partial charge in [-0.25, -0.2) is 0 Å². The SMILES string of the molecule is O=C(/C=C/c1ccc(Br)s1)NCc1ccc2c(c1)OCO2. The average molecular weight is 366 g/mol. The third-order valence-corrected chi connectivity index (χ3v) is 4.49. The Labute approximate surface area is 134 Å². The second-order valence-electron chi connectivity index (χ2n) is 4.38. The van der Waals surface area contributed by atoms with E-state index in [1.54, 1.807) is 17.4 Å². The minimum Gasteiger partial charge on any atom is -0.454 e. The summed E-state index contributed by atoms with van der Waals surface area (Å²) >= 11 is 4.96. The van der Waals surface area contributed by atoms with Gasteiger partial charge in [0.05, 0.1) is 3.79 Å². The molecule has 0 radical (unpaired) electrons. The third kappa shape index (κ3) is 3.65. The zero-order chi connectivity index (χ0) is 14.7. The number of amides is 1. The number of ether oxygens (including phenoxy) is 2. The van der Waals surface area contributed by atoms with Crippen molar-refractivity contribution in [2.24, 2.45) is 0 Å². The number of halogens is 1. The summed E-state index contributed by atoms with van der Waals surface area (Å²) in [7, 11) is 0.